The van der Waals surface area contributed by atoms with Crippen LogP contribution in [0.4, 0.5) is 0 Å². The predicted octanol–water partition coefficient (Wildman–Crippen LogP) is 3.20. The first-order valence-corrected chi connectivity index (χ1v) is 5.78. The van der Waals surface area contributed by atoms with E-state index in [4.69, 9.17) is 0 Å². The Hall–Kier alpha value is -0.820. The molecule has 1 aromatic rings. The highest BCUT2D eigenvalue weighted by atomic mass is 16.3. The van der Waals surface area contributed by atoms with Crippen LogP contribution in [-0.2, 0) is 0 Å². The summed E-state index contributed by atoms with van der Waals surface area (Å²) >= 11 is 0. The molecule has 0 spiro atoms. The molecule has 1 heteroatoms. The van der Waals surface area contributed by atoms with Crippen molar-refractivity contribution in [1.29, 1.82) is 0 Å². The van der Waals surface area contributed by atoms with E-state index in [2.05, 4.69) is 44.2 Å². The highest BCUT2D eigenvalue weighted by Crippen LogP contribution is 2.60. The highest BCUT2D eigenvalue weighted by molar-refractivity contribution is 5.23. The third kappa shape index (κ3) is 1.81. The van der Waals surface area contributed by atoms with Crippen molar-refractivity contribution in [1.82, 2.24) is 0 Å². The molecule has 1 N–H and O–H groups in total. The molecule has 3 unspecified atom stereocenters. The van der Waals surface area contributed by atoms with Crippen LogP contribution in [-0.4, -0.2) is 11.2 Å². The Morgan fingerprint density at radius 3 is 2.33 bits per heavy atom. The van der Waals surface area contributed by atoms with Crippen LogP contribution >= 0.6 is 0 Å². The molecular formula is C14H20O. The van der Waals surface area contributed by atoms with Gasteiger partial charge < -0.3 is 5.11 Å². The third-order valence-corrected chi connectivity index (χ3v) is 4.23. The molecule has 1 nitrogen and oxygen atoms in total. The first kappa shape index (κ1) is 10.7. The number of hydrogen-bond acceptors (Lipinski definition) is 1. The van der Waals surface area contributed by atoms with E-state index in [9.17, 15) is 5.11 Å². The average Bonchev–Trinajstić information content (AvgIpc) is 2.93. The number of rotatable bonds is 3. The molecule has 15 heavy (non-hydrogen) atoms. The maximum atomic E-state index is 9.72. The lowest BCUT2D eigenvalue weighted by Crippen LogP contribution is -2.18. The van der Waals surface area contributed by atoms with E-state index in [0.717, 1.165) is 6.42 Å². The van der Waals surface area contributed by atoms with Gasteiger partial charge in [0.05, 0.1) is 6.10 Å². The molecule has 1 saturated carbocycles. The van der Waals surface area contributed by atoms with Gasteiger partial charge in [0, 0.05) is 0 Å². The van der Waals surface area contributed by atoms with Crippen molar-refractivity contribution >= 4 is 0 Å². The van der Waals surface area contributed by atoms with Gasteiger partial charge in [0.2, 0.25) is 0 Å². The first-order chi connectivity index (χ1) is 7.05. The lowest BCUT2D eigenvalue weighted by atomic mass is 9.89. The quantitative estimate of drug-likeness (QED) is 0.801. The zero-order chi connectivity index (χ0) is 11.1. The molecule has 0 heterocycles. The van der Waals surface area contributed by atoms with Gasteiger partial charge in [-0.2, -0.15) is 0 Å². The monoisotopic (exact) mass is 204 g/mol. The minimum atomic E-state index is -0.186. The fraction of sp³-hybridized carbons (Fsp3) is 0.571. The molecule has 0 aliphatic heterocycles. The second kappa shape index (κ2) is 3.64. The smallest absolute Gasteiger partial charge is 0.0568 e. The first-order valence-electron chi connectivity index (χ1n) is 5.78. The van der Waals surface area contributed by atoms with Crippen LogP contribution in [0.2, 0.25) is 0 Å². The predicted molar refractivity (Wildman–Crippen MR) is 62.8 cm³/mol. The van der Waals surface area contributed by atoms with Crippen LogP contribution in [0.1, 0.15) is 38.7 Å². The molecule has 0 amide bonds. The molecule has 1 aliphatic rings. The van der Waals surface area contributed by atoms with Crippen LogP contribution in [0.3, 0.4) is 0 Å². The van der Waals surface area contributed by atoms with Crippen LogP contribution < -0.4 is 0 Å². The molecule has 4 atom stereocenters. The Kier molecular flexibility index (Phi) is 2.59. The van der Waals surface area contributed by atoms with Crippen molar-refractivity contribution in [2.75, 3.05) is 0 Å². The minimum Gasteiger partial charge on any atom is -0.393 e. The standard InChI is InChI=1S/C14H20O/c1-10(12-7-5-4-6-8-12)13-9-14(13,3)11(2)15/h4-8,10-11,13,15H,9H2,1-3H3/t10?,11?,13?,14-/m1/s1. The number of aliphatic hydroxyl groups excluding tert-OH is 1. The maximum absolute atomic E-state index is 9.72. The second-order valence-corrected chi connectivity index (χ2v) is 5.19. The van der Waals surface area contributed by atoms with Gasteiger partial charge in [-0.25, -0.2) is 0 Å². The fourth-order valence-corrected chi connectivity index (χ4v) is 2.63. The summed E-state index contributed by atoms with van der Waals surface area (Å²) < 4.78 is 0. The van der Waals surface area contributed by atoms with E-state index < -0.39 is 0 Å². The van der Waals surface area contributed by atoms with E-state index >= 15 is 0 Å². The lowest BCUT2D eigenvalue weighted by Gasteiger charge is -2.19. The van der Waals surface area contributed by atoms with Crippen molar-refractivity contribution in [3.8, 4) is 0 Å². The molecule has 0 radical (unpaired) electrons. The van der Waals surface area contributed by atoms with Crippen molar-refractivity contribution in [3.05, 3.63) is 35.9 Å². The van der Waals surface area contributed by atoms with Gasteiger partial charge in [0.1, 0.15) is 0 Å². The van der Waals surface area contributed by atoms with E-state index in [-0.39, 0.29) is 11.5 Å². The van der Waals surface area contributed by atoms with Gasteiger partial charge >= 0.3 is 0 Å². The summed E-state index contributed by atoms with van der Waals surface area (Å²) in [6.45, 7) is 6.38. The highest BCUT2D eigenvalue weighted by Gasteiger charge is 2.55. The van der Waals surface area contributed by atoms with Gasteiger partial charge in [-0.3, -0.25) is 0 Å². The van der Waals surface area contributed by atoms with E-state index in [1.54, 1.807) is 0 Å². The second-order valence-electron chi connectivity index (χ2n) is 5.19. The molecule has 1 aromatic carbocycles. The molecule has 82 valence electrons. The van der Waals surface area contributed by atoms with Crippen LogP contribution in [0.15, 0.2) is 30.3 Å². The van der Waals surface area contributed by atoms with Crippen LogP contribution in [0.5, 0.6) is 0 Å². The van der Waals surface area contributed by atoms with Crippen LogP contribution in [0.25, 0.3) is 0 Å². The molecule has 0 bridgehead atoms. The van der Waals surface area contributed by atoms with Gasteiger partial charge in [-0.05, 0) is 36.2 Å². The van der Waals surface area contributed by atoms with Crippen molar-refractivity contribution < 1.29 is 5.11 Å². The molecule has 0 aromatic heterocycles. The van der Waals surface area contributed by atoms with Crippen molar-refractivity contribution in [3.63, 3.8) is 0 Å². The summed E-state index contributed by atoms with van der Waals surface area (Å²) in [5.74, 6) is 1.20. The SMILES string of the molecule is CC(c1ccccc1)C1C[C@]1(C)C(C)O. The molecule has 0 saturated heterocycles. The third-order valence-electron chi connectivity index (χ3n) is 4.23. The molecular weight excluding hydrogens is 184 g/mol. The summed E-state index contributed by atoms with van der Waals surface area (Å²) in [4.78, 5) is 0. The van der Waals surface area contributed by atoms with E-state index in [0.29, 0.717) is 11.8 Å². The Balaban J connectivity index is 2.09. The zero-order valence-electron chi connectivity index (χ0n) is 9.77. The van der Waals surface area contributed by atoms with E-state index in [1.165, 1.54) is 5.56 Å². The van der Waals surface area contributed by atoms with Gasteiger partial charge in [0.25, 0.3) is 0 Å². The average molecular weight is 204 g/mol. The molecule has 2 rings (SSSR count). The molecule has 1 aliphatic carbocycles. The fourth-order valence-electron chi connectivity index (χ4n) is 2.63. The largest absolute Gasteiger partial charge is 0.393 e. The molecule has 1 fully saturated rings. The van der Waals surface area contributed by atoms with Gasteiger partial charge in [-0.1, -0.05) is 44.2 Å². The summed E-state index contributed by atoms with van der Waals surface area (Å²) in [7, 11) is 0. The van der Waals surface area contributed by atoms with Crippen molar-refractivity contribution in [2.24, 2.45) is 11.3 Å². The number of aliphatic hydroxyl groups is 1. The minimum absolute atomic E-state index is 0.148. The Labute approximate surface area is 92.1 Å². The maximum Gasteiger partial charge on any atom is 0.0568 e. The van der Waals surface area contributed by atoms with Gasteiger partial charge in [-0.15, -0.1) is 0 Å². The normalized spacial score (nSPS) is 33.5. The summed E-state index contributed by atoms with van der Waals surface area (Å²) in [5, 5.41) is 9.72. The summed E-state index contributed by atoms with van der Waals surface area (Å²) in [6.07, 6.45) is 0.967. The zero-order valence-corrected chi connectivity index (χ0v) is 9.77. The van der Waals surface area contributed by atoms with Crippen LogP contribution in [0, 0.1) is 11.3 Å². The number of hydrogen-bond donors (Lipinski definition) is 1. The number of benzene rings is 1. The summed E-state index contributed by atoms with van der Waals surface area (Å²) in [5.41, 5.74) is 1.54. The topological polar surface area (TPSA) is 20.2 Å². The van der Waals surface area contributed by atoms with E-state index in [1.807, 2.05) is 6.92 Å². The Morgan fingerprint density at radius 2 is 1.87 bits per heavy atom. The van der Waals surface area contributed by atoms with Crippen molar-refractivity contribution in [2.45, 2.75) is 39.2 Å². The van der Waals surface area contributed by atoms with Gasteiger partial charge in [0.15, 0.2) is 0 Å². The lowest BCUT2D eigenvalue weighted by molar-refractivity contribution is 0.108. The summed E-state index contributed by atoms with van der Waals surface area (Å²) in [6, 6.07) is 10.6. The Morgan fingerprint density at radius 1 is 1.27 bits per heavy atom. The Bertz CT molecular complexity index is 330.